The Kier molecular flexibility index (Phi) is 8.26. The molecule has 0 aromatic rings. The summed E-state index contributed by atoms with van der Waals surface area (Å²) in [5, 5.41) is 0. The number of piperidine rings is 1. The van der Waals surface area contributed by atoms with Crippen molar-refractivity contribution in [2.45, 2.75) is 19.8 Å². The van der Waals surface area contributed by atoms with Gasteiger partial charge in [0.1, 0.15) is 0 Å². The normalized spacial score (nSPS) is 22.5. The number of hydrogen-bond donors (Lipinski definition) is 0. The predicted octanol–water partition coefficient (Wildman–Crippen LogP) is -0.735. The van der Waals surface area contributed by atoms with E-state index in [1.807, 2.05) is 16.7 Å². The lowest BCUT2D eigenvalue weighted by Gasteiger charge is -2.37. The van der Waals surface area contributed by atoms with E-state index in [4.69, 9.17) is 9.47 Å². The van der Waals surface area contributed by atoms with Gasteiger partial charge in [-0.2, -0.15) is 0 Å². The number of piperazine rings is 1. The van der Waals surface area contributed by atoms with Crippen molar-refractivity contribution in [3.8, 4) is 0 Å². The van der Waals surface area contributed by atoms with E-state index >= 15 is 0 Å². The third-order valence-electron chi connectivity index (χ3n) is 6.01. The van der Waals surface area contributed by atoms with Crippen molar-refractivity contribution in [1.82, 2.24) is 19.6 Å². The summed E-state index contributed by atoms with van der Waals surface area (Å²) in [5.74, 6) is 0.0846. The molecule has 0 saturated carbocycles. The highest BCUT2D eigenvalue weighted by Gasteiger charge is 2.30. The molecule has 0 spiro atoms. The summed E-state index contributed by atoms with van der Waals surface area (Å²) < 4.78 is 10.4. The van der Waals surface area contributed by atoms with Gasteiger partial charge in [0.15, 0.2) is 0 Å². The Labute approximate surface area is 172 Å². The molecule has 3 aliphatic rings. The molecule has 2 amide bonds. The number of hydrogen-bond acceptors (Lipinski definition) is 7. The van der Waals surface area contributed by atoms with Gasteiger partial charge >= 0.3 is 5.97 Å². The molecule has 3 heterocycles. The summed E-state index contributed by atoms with van der Waals surface area (Å²) in [6, 6.07) is 0. The third kappa shape index (κ3) is 6.38. The van der Waals surface area contributed by atoms with E-state index in [0.717, 1.165) is 26.2 Å². The van der Waals surface area contributed by atoms with Gasteiger partial charge in [-0.05, 0) is 19.8 Å². The Morgan fingerprint density at radius 3 is 1.76 bits per heavy atom. The Morgan fingerprint density at radius 1 is 0.793 bits per heavy atom. The Hall–Kier alpha value is -1.71. The second-order valence-electron chi connectivity index (χ2n) is 7.95. The van der Waals surface area contributed by atoms with E-state index in [1.54, 1.807) is 0 Å². The van der Waals surface area contributed by atoms with Crippen LogP contribution < -0.4 is 0 Å². The van der Waals surface area contributed by atoms with Gasteiger partial charge in [-0.3, -0.25) is 24.2 Å². The van der Waals surface area contributed by atoms with E-state index in [0.29, 0.717) is 71.9 Å². The van der Waals surface area contributed by atoms with Crippen molar-refractivity contribution in [3.05, 3.63) is 0 Å². The van der Waals surface area contributed by atoms with E-state index in [9.17, 15) is 14.4 Å². The lowest BCUT2D eigenvalue weighted by Crippen LogP contribution is -2.53. The molecule has 3 rings (SSSR count). The number of esters is 1. The molecule has 29 heavy (non-hydrogen) atoms. The number of ether oxygens (including phenoxy) is 2. The molecule has 0 atom stereocenters. The van der Waals surface area contributed by atoms with Crippen LogP contribution in [0, 0.1) is 5.92 Å². The van der Waals surface area contributed by atoms with Crippen molar-refractivity contribution < 1.29 is 23.9 Å². The Morgan fingerprint density at radius 2 is 1.28 bits per heavy atom. The maximum atomic E-state index is 12.6. The maximum Gasteiger partial charge on any atom is 0.309 e. The quantitative estimate of drug-likeness (QED) is 0.534. The zero-order valence-electron chi connectivity index (χ0n) is 17.5. The molecule has 3 aliphatic heterocycles. The molecule has 0 aliphatic carbocycles. The SMILES string of the molecule is CCOC(=O)C1CCN(C(=O)CN2CCN(CC(=O)N3CCOCC3)CC2)CC1. The number of carbonyl (C=O) groups is 3. The highest BCUT2D eigenvalue weighted by Crippen LogP contribution is 2.19. The largest absolute Gasteiger partial charge is 0.466 e. The number of morpholine rings is 1. The fraction of sp³-hybridized carbons (Fsp3) is 0.850. The van der Waals surface area contributed by atoms with Crippen LogP contribution in [0.2, 0.25) is 0 Å². The number of likely N-dealkylation sites (tertiary alicyclic amines) is 1. The smallest absolute Gasteiger partial charge is 0.309 e. The number of nitrogens with zero attached hydrogens (tertiary/aromatic N) is 4. The summed E-state index contributed by atoms with van der Waals surface area (Å²) in [6.45, 7) is 10.1. The Bertz CT molecular complexity index is 565. The molecule has 9 nitrogen and oxygen atoms in total. The molecule has 0 aromatic heterocycles. The lowest BCUT2D eigenvalue weighted by molar-refractivity contribution is -0.151. The molecule has 0 bridgehead atoms. The van der Waals surface area contributed by atoms with Crippen molar-refractivity contribution in [3.63, 3.8) is 0 Å². The first kappa shape index (κ1) is 22.0. The molecule has 3 saturated heterocycles. The first-order chi connectivity index (χ1) is 14.1. The fourth-order valence-electron chi connectivity index (χ4n) is 4.13. The summed E-state index contributed by atoms with van der Waals surface area (Å²) in [7, 11) is 0. The van der Waals surface area contributed by atoms with Crippen molar-refractivity contribution in [2.24, 2.45) is 5.92 Å². The van der Waals surface area contributed by atoms with Gasteiger partial charge < -0.3 is 19.3 Å². The summed E-state index contributed by atoms with van der Waals surface area (Å²) in [6.07, 6.45) is 1.37. The zero-order valence-corrected chi connectivity index (χ0v) is 17.5. The van der Waals surface area contributed by atoms with E-state index < -0.39 is 0 Å². The lowest BCUT2D eigenvalue weighted by atomic mass is 9.97. The van der Waals surface area contributed by atoms with Crippen LogP contribution in [0.5, 0.6) is 0 Å². The number of carbonyl (C=O) groups excluding carboxylic acids is 3. The number of amides is 2. The van der Waals surface area contributed by atoms with Crippen molar-refractivity contribution in [2.75, 3.05) is 85.3 Å². The van der Waals surface area contributed by atoms with Crippen LogP contribution in [0.3, 0.4) is 0 Å². The first-order valence-corrected chi connectivity index (χ1v) is 10.8. The molecule has 164 valence electrons. The predicted molar refractivity (Wildman–Crippen MR) is 106 cm³/mol. The minimum atomic E-state index is -0.137. The molecule has 0 aromatic carbocycles. The molecular weight excluding hydrogens is 376 g/mol. The molecule has 0 N–H and O–H groups in total. The molecule has 3 fully saturated rings. The Balaban J connectivity index is 1.33. The van der Waals surface area contributed by atoms with E-state index in [1.165, 1.54) is 0 Å². The fourth-order valence-corrected chi connectivity index (χ4v) is 4.13. The van der Waals surface area contributed by atoms with Gasteiger partial charge in [0.05, 0.1) is 38.8 Å². The van der Waals surface area contributed by atoms with Crippen LogP contribution in [0.4, 0.5) is 0 Å². The second-order valence-corrected chi connectivity index (χ2v) is 7.95. The summed E-state index contributed by atoms with van der Waals surface area (Å²) in [4.78, 5) is 44.9. The highest BCUT2D eigenvalue weighted by atomic mass is 16.5. The molecule has 0 unspecified atom stereocenters. The molecule has 0 radical (unpaired) electrons. The van der Waals surface area contributed by atoms with Gasteiger partial charge in [0.2, 0.25) is 11.8 Å². The minimum Gasteiger partial charge on any atom is -0.466 e. The third-order valence-corrected chi connectivity index (χ3v) is 6.01. The van der Waals surface area contributed by atoms with Gasteiger partial charge in [-0.1, -0.05) is 0 Å². The average molecular weight is 411 g/mol. The van der Waals surface area contributed by atoms with Crippen LogP contribution in [0.25, 0.3) is 0 Å². The van der Waals surface area contributed by atoms with Crippen molar-refractivity contribution in [1.29, 1.82) is 0 Å². The summed E-state index contributed by atoms with van der Waals surface area (Å²) >= 11 is 0. The van der Waals surface area contributed by atoms with E-state index in [2.05, 4.69) is 9.80 Å². The van der Waals surface area contributed by atoms with Crippen LogP contribution in [0.1, 0.15) is 19.8 Å². The van der Waals surface area contributed by atoms with E-state index in [-0.39, 0.29) is 23.7 Å². The molecule has 9 heteroatoms. The average Bonchev–Trinajstić information content (AvgIpc) is 2.76. The van der Waals surface area contributed by atoms with Gasteiger partial charge in [-0.15, -0.1) is 0 Å². The van der Waals surface area contributed by atoms with Crippen LogP contribution in [0.15, 0.2) is 0 Å². The molecular formula is C20H34N4O5. The highest BCUT2D eigenvalue weighted by molar-refractivity contribution is 5.79. The van der Waals surface area contributed by atoms with Gasteiger partial charge in [0, 0.05) is 52.4 Å². The minimum absolute atomic E-state index is 0.0773. The zero-order chi connectivity index (χ0) is 20.6. The van der Waals surface area contributed by atoms with Gasteiger partial charge in [0.25, 0.3) is 0 Å². The number of rotatable bonds is 6. The summed E-state index contributed by atoms with van der Waals surface area (Å²) in [5.41, 5.74) is 0. The second kappa shape index (κ2) is 10.9. The maximum absolute atomic E-state index is 12.6. The van der Waals surface area contributed by atoms with Gasteiger partial charge in [-0.25, -0.2) is 0 Å². The monoisotopic (exact) mass is 410 g/mol. The topological polar surface area (TPSA) is 82.6 Å². The standard InChI is InChI=1S/C20H34N4O5/c1-2-29-20(27)17-3-5-23(6-4-17)18(25)15-21-7-9-22(10-8-21)16-19(26)24-11-13-28-14-12-24/h17H,2-16H2,1H3. The van der Waals surface area contributed by atoms with Crippen LogP contribution in [-0.2, 0) is 23.9 Å². The van der Waals surface area contributed by atoms with Crippen molar-refractivity contribution >= 4 is 17.8 Å². The van der Waals surface area contributed by atoms with Crippen LogP contribution in [-0.4, -0.2) is 123 Å². The van der Waals surface area contributed by atoms with Crippen LogP contribution >= 0.6 is 0 Å². The first-order valence-electron chi connectivity index (χ1n) is 10.8.